The van der Waals surface area contributed by atoms with Crippen LogP contribution in [0.2, 0.25) is 0 Å². The Morgan fingerprint density at radius 2 is 2.00 bits per heavy atom. The van der Waals surface area contributed by atoms with Gasteiger partial charge in [0.2, 0.25) is 11.8 Å². The van der Waals surface area contributed by atoms with Gasteiger partial charge >= 0.3 is 5.97 Å². The number of carboxylic acids is 1. The summed E-state index contributed by atoms with van der Waals surface area (Å²) in [5, 5.41) is 10.8. The number of aliphatic carboxylic acids is 1. The van der Waals surface area contributed by atoms with Crippen LogP contribution in [0.15, 0.2) is 0 Å². The van der Waals surface area contributed by atoms with Gasteiger partial charge in [-0.2, -0.15) is 12.6 Å². The first-order chi connectivity index (χ1) is 6.47. The van der Waals surface area contributed by atoms with E-state index in [-0.39, 0.29) is 6.42 Å². The maximum absolute atomic E-state index is 11.0. The fourth-order valence-electron chi connectivity index (χ4n) is 0.769. The van der Waals surface area contributed by atoms with Gasteiger partial charge in [-0.15, -0.1) is 0 Å². The standard InChI is InChI=1S/C7H12N2O4S/c8-5(10)3-4(7(12)13)9-6(11)1-2-14/h4,14H,1-3H2,(H2,8,10)(H,9,11)(H,12,13)/t4-/m0/s1. The lowest BCUT2D eigenvalue weighted by Crippen LogP contribution is -2.43. The number of nitrogens with one attached hydrogen (secondary N) is 1. The van der Waals surface area contributed by atoms with Crippen molar-refractivity contribution in [3.8, 4) is 0 Å². The average molecular weight is 220 g/mol. The van der Waals surface area contributed by atoms with Crippen LogP contribution < -0.4 is 11.1 Å². The molecule has 0 aliphatic carbocycles. The van der Waals surface area contributed by atoms with Crippen LogP contribution in [0.4, 0.5) is 0 Å². The SMILES string of the molecule is NC(=O)C[C@H](NC(=O)CCS)C(=O)O. The van der Waals surface area contributed by atoms with E-state index >= 15 is 0 Å². The number of carbonyl (C=O) groups excluding carboxylic acids is 2. The molecule has 0 unspecified atom stereocenters. The Kier molecular flexibility index (Phi) is 5.70. The summed E-state index contributed by atoms with van der Waals surface area (Å²) in [7, 11) is 0. The smallest absolute Gasteiger partial charge is 0.326 e. The van der Waals surface area contributed by atoms with E-state index in [0.717, 1.165) is 0 Å². The first kappa shape index (κ1) is 12.8. The minimum atomic E-state index is -1.28. The van der Waals surface area contributed by atoms with E-state index in [9.17, 15) is 14.4 Å². The van der Waals surface area contributed by atoms with Crippen LogP contribution in [0.5, 0.6) is 0 Å². The van der Waals surface area contributed by atoms with E-state index in [1.165, 1.54) is 0 Å². The van der Waals surface area contributed by atoms with E-state index in [2.05, 4.69) is 17.9 Å². The molecule has 4 N–H and O–H groups in total. The van der Waals surface area contributed by atoms with Gasteiger partial charge in [0, 0.05) is 6.42 Å². The highest BCUT2D eigenvalue weighted by molar-refractivity contribution is 7.80. The van der Waals surface area contributed by atoms with Crippen molar-refractivity contribution in [2.45, 2.75) is 18.9 Å². The quantitative estimate of drug-likeness (QED) is 0.419. The third-order valence-corrected chi connectivity index (χ3v) is 1.60. The van der Waals surface area contributed by atoms with Gasteiger partial charge < -0.3 is 16.2 Å². The number of primary amides is 1. The Morgan fingerprint density at radius 1 is 1.43 bits per heavy atom. The average Bonchev–Trinajstić information content (AvgIpc) is 2.02. The lowest BCUT2D eigenvalue weighted by atomic mass is 10.2. The molecule has 0 aromatic carbocycles. The van der Waals surface area contributed by atoms with E-state index in [1.807, 2.05) is 0 Å². The highest BCUT2D eigenvalue weighted by atomic mass is 32.1. The molecule has 0 aliphatic rings. The van der Waals surface area contributed by atoms with Crippen molar-refractivity contribution < 1.29 is 19.5 Å². The van der Waals surface area contributed by atoms with Crippen LogP contribution in [-0.2, 0) is 14.4 Å². The van der Waals surface area contributed by atoms with Crippen molar-refractivity contribution in [3.63, 3.8) is 0 Å². The minimum Gasteiger partial charge on any atom is -0.480 e. The summed E-state index contributed by atoms with van der Waals surface area (Å²) < 4.78 is 0. The summed E-state index contributed by atoms with van der Waals surface area (Å²) in [5.74, 6) is -2.21. The Hall–Kier alpha value is -1.24. The largest absolute Gasteiger partial charge is 0.480 e. The van der Waals surface area contributed by atoms with Crippen molar-refractivity contribution in [2.75, 3.05) is 5.75 Å². The summed E-state index contributed by atoms with van der Waals surface area (Å²) in [5.41, 5.74) is 4.81. The predicted molar refractivity (Wildman–Crippen MR) is 51.8 cm³/mol. The molecule has 0 rings (SSSR count). The van der Waals surface area contributed by atoms with Gasteiger partial charge in [0.1, 0.15) is 6.04 Å². The molecule has 0 spiro atoms. The molecule has 7 heteroatoms. The van der Waals surface area contributed by atoms with Gasteiger partial charge in [-0.3, -0.25) is 9.59 Å². The number of carboxylic acid groups (broad SMARTS) is 1. The van der Waals surface area contributed by atoms with Crippen LogP contribution >= 0.6 is 12.6 Å². The monoisotopic (exact) mass is 220 g/mol. The molecule has 14 heavy (non-hydrogen) atoms. The third-order valence-electron chi connectivity index (χ3n) is 1.38. The molecule has 1 atom stereocenters. The summed E-state index contributed by atoms with van der Waals surface area (Å²) in [6, 6.07) is -1.25. The molecule has 0 heterocycles. The highest BCUT2D eigenvalue weighted by Gasteiger charge is 2.21. The Bertz CT molecular complexity index is 244. The summed E-state index contributed by atoms with van der Waals surface area (Å²) >= 11 is 3.80. The molecule has 0 saturated heterocycles. The number of nitrogens with two attached hydrogens (primary N) is 1. The Balaban J connectivity index is 4.16. The van der Waals surface area contributed by atoms with Crippen LogP contribution in [0.25, 0.3) is 0 Å². The van der Waals surface area contributed by atoms with Crippen molar-refractivity contribution in [2.24, 2.45) is 5.73 Å². The summed E-state index contributed by atoms with van der Waals surface area (Å²) in [4.78, 5) is 31.9. The van der Waals surface area contributed by atoms with E-state index in [4.69, 9.17) is 10.8 Å². The van der Waals surface area contributed by atoms with Gasteiger partial charge in [0.25, 0.3) is 0 Å². The zero-order valence-corrected chi connectivity index (χ0v) is 8.29. The maximum Gasteiger partial charge on any atom is 0.326 e. The zero-order chi connectivity index (χ0) is 11.1. The molecule has 0 fully saturated rings. The van der Waals surface area contributed by atoms with E-state index in [1.54, 1.807) is 0 Å². The number of amides is 2. The van der Waals surface area contributed by atoms with Crippen molar-refractivity contribution in [3.05, 3.63) is 0 Å². The van der Waals surface area contributed by atoms with Gasteiger partial charge in [-0.1, -0.05) is 0 Å². The van der Waals surface area contributed by atoms with Gasteiger partial charge in [-0.25, -0.2) is 4.79 Å². The van der Waals surface area contributed by atoms with Crippen LogP contribution in [0.3, 0.4) is 0 Å². The Labute approximate surface area is 86.3 Å². The van der Waals surface area contributed by atoms with Gasteiger partial charge in [0.15, 0.2) is 0 Å². The molecule has 0 saturated carbocycles. The molecule has 0 aromatic heterocycles. The summed E-state index contributed by atoms with van der Waals surface area (Å²) in [6.07, 6.45) is -0.306. The molecule has 0 aromatic rings. The van der Waals surface area contributed by atoms with Crippen LogP contribution in [0, 0.1) is 0 Å². The number of hydrogen-bond donors (Lipinski definition) is 4. The van der Waals surface area contributed by atoms with Crippen molar-refractivity contribution >= 4 is 30.4 Å². The number of thiol groups is 1. The predicted octanol–water partition coefficient (Wildman–Crippen LogP) is -1.25. The normalized spacial score (nSPS) is 11.8. The van der Waals surface area contributed by atoms with Crippen molar-refractivity contribution in [1.82, 2.24) is 5.32 Å². The fourth-order valence-corrected chi connectivity index (χ4v) is 0.972. The van der Waals surface area contributed by atoms with Crippen LogP contribution in [-0.4, -0.2) is 34.7 Å². The molecule has 80 valence electrons. The first-order valence-electron chi connectivity index (χ1n) is 3.88. The van der Waals surface area contributed by atoms with Crippen LogP contribution in [0.1, 0.15) is 12.8 Å². The molecule has 2 amide bonds. The second-order valence-corrected chi connectivity index (χ2v) is 3.05. The lowest BCUT2D eigenvalue weighted by Gasteiger charge is -2.11. The molecular formula is C7H12N2O4S. The molecular weight excluding hydrogens is 208 g/mol. The van der Waals surface area contributed by atoms with E-state index in [0.29, 0.717) is 5.75 Å². The molecule has 0 aliphatic heterocycles. The Morgan fingerprint density at radius 3 is 2.36 bits per heavy atom. The number of carbonyl (C=O) groups is 3. The molecule has 6 nitrogen and oxygen atoms in total. The maximum atomic E-state index is 11.0. The first-order valence-corrected chi connectivity index (χ1v) is 4.52. The fraction of sp³-hybridized carbons (Fsp3) is 0.571. The molecule has 0 bridgehead atoms. The van der Waals surface area contributed by atoms with Gasteiger partial charge in [0.05, 0.1) is 6.42 Å². The summed E-state index contributed by atoms with van der Waals surface area (Å²) in [6.45, 7) is 0. The topological polar surface area (TPSA) is 109 Å². The second-order valence-electron chi connectivity index (χ2n) is 2.60. The van der Waals surface area contributed by atoms with Crippen molar-refractivity contribution in [1.29, 1.82) is 0 Å². The zero-order valence-electron chi connectivity index (χ0n) is 7.40. The highest BCUT2D eigenvalue weighted by Crippen LogP contribution is 1.93. The molecule has 0 radical (unpaired) electrons. The number of rotatable bonds is 6. The number of hydrogen-bond acceptors (Lipinski definition) is 4. The van der Waals surface area contributed by atoms with Gasteiger partial charge in [-0.05, 0) is 5.75 Å². The lowest BCUT2D eigenvalue weighted by molar-refractivity contribution is -0.143. The third kappa shape index (κ3) is 5.41. The second kappa shape index (κ2) is 6.25. The minimum absolute atomic E-state index is 0.103. The van der Waals surface area contributed by atoms with E-state index < -0.39 is 30.2 Å².